The van der Waals surface area contributed by atoms with E-state index in [1.807, 2.05) is 24.4 Å². The van der Waals surface area contributed by atoms with E-state index in [1.165, 1.54) is 7.11 Å². The van der Waals surface area contributed by atoms with E-state index in [2.05, 4.69) is 0 Å². The van der Waals surface area contributed by atoms with Crippen LogP contribution in [0.3, 0.4) is 0 Å². The number of ether oxygens (including phenoxy) is 1. The van der Waals surface area contributed by atoms with Crippen LogP contribution < -0.4 is 10.5 Å². The summed E-state index contributed by atoms with van der Waals surface area (Å²) in [6.45, 7) is 3.20. The van der Waals surface area contributed by atoms with Gasteiger partial charge in [0.15, 0.2) is 5.75 Å². The summed E-state index contributed by atoms with van der Waals surface area (Å²) >= 11 is 1.64. The Kier molecular flexibility index (Phi) is 4.63. The number of amides is 1. The van der Waals surface area contributed by atoms with Gasteiger partial charge in [-0.3, -0.25) is 4.79 Å². The van der Waals surface area contributed by atoms with E-state index >= 15 is 0 Å². The Bertz CT molecular complexity index is 582. The molecule has 20 heavy (non-hydrogen) atoms. The second-order valence-corrected chi connectivity index (χ2v) is 5.36. The molecule has 1 aromatic heterocycles. The topological polar surface area (TPSA) is 55.6 Å². The van der Waals surface area contributed by atoms with Gasteiger partial charge in [-0.05, 0) is 30.5 Å². The highest BCUT2D eigenvalue weighted by Gasteiger charge is 2.20. The first-order valence-electron chi connectivity index (χ1n) is 6.41. The van der Waals surface area contributed by atoms with Crippen molar-refractivity contribution < 1.29 is 9.53 Å². The zero-order chi connectivity index (χ0) is 14.5. The molecule has 2 aromatic rings. The number of nitrogens with two attached hydrogens (primary N) is 1. The molecule has 2 N–H and O–H groups in total. The summed E-state index contributed by atoms with van der Waals surface area (Å²) in [5.41, 5.74) is 6.84. The molecule has 0 aliphatic carbocycles. The summed E-state index contributed by atoms with van der Waals surface area (Å²) in [4.78, 5) is 15.6. The van der Waals surface area contributed by atoms with Crippen molar-refractivity contribution in [2.24, 2.45) is 0 Å². The van der Waals surface area contributed by atoms with Crippen molar-refractivity contribution in [3.8, 4) is 5.75 Å². The third-order valence-corrected chi connectivity index (χ3v) is 3.94. The number of benzene rings is 1. The van der Waals surface area contributed by atoms with E-state index in [0.717, 1.165) is 4.88 Å². The summed E-state index contributed by atoms with van der Waals surface area (Å²) in [6, 6.07) is 9.25. The molecule has 0 unspecified atom stereocenters. The Balaban J connectivity index is 2.27. The van der Waals surface area contributed by atoms with Crippen LogP contribution in [0, 0.1) is 0 Å². The molecule has 0 aliphatic rings. The first-order valence-corrected chi connectivity index (χ1v) is 7.29. The van der Waals surface area contributed by atoms with Gasteiger partial charge in [0, 0.05) is 11.4 Å². The average Bonchev–Trinajstić information content (AvgIpc) is 2.96. The fourth-order valence-corrected chi connectivity index (χ4v) is 2.76. The van der Waals surface area contributed by atoms with Gasteiger partial charge >= 0.3 is 0 Å². The lowest BCUT2D eigenvalue weighted by Gasteiger charge is -2.21. The standard InChI is InChI=1S/C15H18N2O2S/c1-3-17(10-11-6-5-9-20-11)15(18)12-7-4-8-13(16)14(12)19-2/h4-9H,3,10,16H2,1-2H3. The fourth-order valence-electron chi connectivity index (χ4n) is 2.04. The monoisotopic (exact) mass is 290 g/mol. The van der Waals surface area contributed by atoms with E-state index in [9.17, 15) is 4.79 Å². The first kappa shape index (κ1) is 14.4. The Labute approximate surface area is 122 Å². The minimum absolute atomic E-state index is 0.0648. The van der Waals surface area contributed by atoms with Crippen molar-refractivity contribution in [1.29, 1.82) is 0 Å². The Morgan fingerprint density at radius 1 is 1.35 bits per heavy atom. The molecule has 1 aromatic carbocycles. The van der Waals surface area contributed by atoms with Crippen molar-refractivity contribution in [3.63, 3.8) is 0 Å². The van der Waals surface area contributed by atoms with Gasteiger partial charge in [0.05, 0.1) is 24.9 Å². The smallest absolute Gasteiger partial charge is 0.258 e. The van der Waals surface area contributed by atoms with Crippen LogP contribution in [0.2, 0.25) is 0 Å². The number of hydrogen-bond donors (Lipinski definition) is 1. The van der Waals surface area contributed by atoms with Crippen molar-refractivity contribution in [1.82, 2.24) is 4.90 Å². The molecule has 1 heterocycles. The van der Waals surface area contributed by atoms with Crippen LogP contribution in [0.5, 0.6) is 5.75 Å². The normalized spacial score (nSPS) is 10.3. The fraction of sp³-hybridized carbons (Fsp3) is 0.267. The Hall–Kier alpha value is -2.01. The van der Waals surface area contributed by atoms with Crippen LogP contribution in [0.15, 0.2) is 35.7 Å². The van der Waals surface area contributed by atoms with Gasteiger partial charge in [0.2, 0.25) is 0 Å². The van der Waals surface area contributed by atoms with Crippen LogP contribution in [0.1, 0.15) is 22.2 Å². The maximum absolute atomic E-state index is 12.6. The average molecular weight is 290 g/mol. The molecule has 1 amide bonds. The minimum Gasteiger partial charge on any atom is -0.494 e. The number of anilines is 1. The van der Waals surface area contributed by atoms with Gasteiger partial charge in [-0.25, -0.2) is 0 Å². The molecule has 0 aliphatic heterocycles. The van der Waals surface area contributed by atoms with Crippen LogP contribution in [-0.4, -0.2) is 24.5 Å². The van der Waals surface area contributed by atoms with E-state index in [4.69, 9.17) is 10.5 Å². The van der Waals surface area contributed by atoms with Crippen molar-refractivity contribution in [3.05, 3.63) is 46.2 Å². The lowest BCUT2D eigenvalue weighted by molar-refractivity contribution is 0.0751. The number of nitrogens with zero attached hydrogens (tertiary/aromatic N) is 1. The number of rotatable bonds is 5. The number of methoxy groups -OCH3 is 1. The molecule has 0 bridgehead atoms. The van der Waals surface area contributed by atoms with Crippen molar-refractivity contribution in [2.75, 3.05) is 19.4 Å². The van der Waals surface area contributed by atoms with Crippen LogP contribution in [0.4, 0.5) is 5.69 Å². The van der Waals surface area contributed by atoms with Gasteiger partial charge in [0.25, 0.3) is 5.91 Å². The van der Waals surface area contributed by atoms with Gasteiger partial charge < -0.3 is 15.4 Å². The van der Waals surface area contributed by atoms with Gasteiger partial charge in [-0.1, -0.05) is 12.1 Å². The molecule has 0 spiro atoms. The van der Waals surface area contributed by atoms with Crippen molar-refractivity contribution in [2.45, 2.75) is 13.5 Å². The predicted molar refractivity (Wildman–Crippen MR) is 82.1 cm³/mol. The number of carbonyl (C=O) groups is 1. The lowest BCUT2D eigenvalue weighted by Crippen LogP contribution is -2.30. The zero-order valence-electron chi connectivity index (χ0n) is 11.6. The molecule has 106 valence electrons. The molecular weight excluding hydrogens is 272 g/mol. The molecular formula is C15H18N2O2S. The summed E-state index contributed by atoms with van der Waals surface area (Å²) in [5.74, 6) is 0.382. The largest absolute Gasteiger partial charge is 0.494 e. The minimum atomic E-state index is -0.0648. The predicted octanol–water partition coefficient (Wildman–Crippen LogP) is 3.00. The highest BCUT2D eigenvalue weighted by molar-refractivity contribution is 7.09. The van der Waals surface area contributed by atoms with E-state index < -0.39 is 0 Å². The molecule has 2 rings (SSSR count). The van der Waals surface area contributed by atoms with Crippen LogP contribution >= 0.6 is 11.3 Å². The lowest BCUT2D eigenvalue weighted by atomic mass is 10.1. The Morgan fingerprint density at radius 2 is 2.15 bits per heavy atom. The molecule has 5 heteroatoms. The number of para-hydroxylation sites is 1. The summed E-state index contributed by atoms with van der Waals surface area (Å²) in [7, 11) is 1.53. The third kappa shape index (κ3) is 2.93. The Morgan fingerprint density at radius 3 is 2.75 bits per heavy atom. The maximum atomic E-state index is 12.6. The summed E-state index contributed by atoms with van der Waals surface area (Å²) in [6.07, 6.45) is 0. The molecule has 0 fully saturated rings. The SMILES string of the molecule is CCN(Cc1cccs1)C(=O)c1cccc(N)c1OC. The first-order chi connectivity index (χ1) is 9.67. The van der Waals surface area contributed by atoms with Crippen LogP contribution in [0.25, 0.3) is 0 Å². The van der Waals surface area contributed by atoms with E-state index in [-0.39, 0.29) is 5.91 Å². The number of hydrogen-bond acceptors (Lipinski definition) is 4. The molecule has 0 radical (unpaired) electrons. The van der Waals surface area contributed by atoms with Crippen LogP contribution in [-0.2, 0) is 6.54 Å². The quantitative estimate of drug-likeness (QED) is 0.861. The molecule has 0 saturated heterocycles. The highest BCUT2D eigenvalue weighted by Crippen LogP contribution is 2.27. The zero-order valence-corrected chi connectivity index (χ0v) is 12.4. The van der Waals surface area contributed by atoms with Gasteiger partial charge in [-0.15, -0.1) is 11.3 Å². The van der Waals surface area contributed by atoms with Gasteiger partial charge in [-0.2, -0.15) is 0 Å². The second kappa shape index (κ2) is 6.43. The number of thiophene rings is 1. The molecule has 4 nitrogen and oxygen atoms in total. The third-order valence-electron chi connectivity index (χ3n) is 3.08. The van der Waals surface area contributed by atoms with E-state index in [0.29, 0.717) is 30.1 Å². The van der Waals surface area contributed by atoms with Gasteiger partial charge in [0.1, 0.15) is 0 Å². The van der Waals surface area contributed by atoms with E-state index in [1.54, 1.807) is 34.4 Å². The summed E-state index contributed by atoms with van der Waals surface area (Å²) < 4.78 is 5.26. The van der Waals surface area contributed by atoms with Crippen molar-refractivity contribution >= 4 is 22.9 Å². The second-order valence-electron chi connectivity index (χ2n) is 4.33. The molecule has 0 saturated carbocycles. The molecule has 0 atom stereocenters. The maximum Gasteiger partial charge on any atom is 0.258 e. The summed E-state index contributed by atoms with van der Waals surface area (Å²) in [5, 5.41) is 2.01. The number of nitrogen functional groups attached to an aromatic ring is 1. The number of carbonyl (C=O) groups excluding carboxylic acids is 1. The highest BCUT2D eigenvalue weighted by atomic mass is 32.1.